The molecule has 0 bridgehead atoms. The number of aromatic nitrogens is 3. The van der Waals surface area contributed by atoms with E-state index in [1.165, 1.54) is 0 Å². The summed E-state index contributed by atoms with van der Waals surface area (Å²) in [6.45, 7) is 0. The lowest BCUT2D eigenvalue weighted by Gasteiger charge is -2.25. The number of amides is 1. The zero-order valence-corrected chi connectivity index (χ0v) is 13.5. The number of rotatable bonds is 4. The number of hydrogen-bond acceptors (Lipinski definition) is 4. The number of anilines is 1. The molecular formula is C17H20N4O3. The van der Waals surface area contributed by atoms with E-state index >= 15 is 0 Å². The molecule has 2 aromatic rings. The van der Waals surface area contributed by atoms with Crippen LogP contribution in [0.25, 0.3) is 11.4 Å². The van der Waals surface area contributed by atoms with Gasteiger partial charge in [0, 0.05) is 24.2 Å². The van der Waals surface area contributed by atoms with Gasteiger partial charge in [0.1, 0.15) is 6.33 Å². The first kappa shape index (κ1) is 16.2. The number of aryl methyl sites for hydroxylation is 1. The monoisotopic (exact) mass is 328 g/mol. The maximum Gasteiger partial charge on any atom is 0.306 e. The van der Waals surface area contributed by atoms with Crippen LogP contribution in [0, 0.1) is 11.8 Å². The summed E-state index contributed by atoms with van der Waals surface area (Å²) in [5, 5.41) is 19.9. The van der Waals surface area contributed by atoms with Crippen molar-refractivity contribution in [1.82, 2.24) is 14.8 Å². The summed E-state index contributed by atoms with van der Waals surface area (Å²) in [5.74, 6) is -0.514. The summed E-state index contributed by atoms with van der Waals surface area (Å²) in [4.78, 5) is 23.4. The van der Waals surface area contributed by atoms with Gasteiger partial charge in [-0.05, 0) is 37.8 Å². The molecule has 24 heavy (non-hydrogen) atoms. The van der Waals surface area contributed by atoms with E-state index < -0.39 is 5.97 Å². The van der Waals surface area contributed by atoms with E-state index in [9.17, 15) is 9.59 Å². The molecule has 1 fully saturated rings. The van der Waals surface area contributed by atoms with Crippen molar-refractivity contribution in [2.45, 2.75) is 25.7 Å². The highest BCUT2D eigenvalue weighted by Gasteiger charge is 2.29. The fraction of sp³-hybridized carbons (Fsp3) is 0.412. The van der Waals surface area contributed by atoms with Gasteiger partial charge in [-0.25, -0.2) is 0 Å². The Hall–Kier alpha value is -2.70. The SMILES string of the molecule is Cn1cnnc1-c1cccc(NC(=O)C2CCC(C(=O)O)CC2)c1. The predicted octanol–water partition coefficient (Wildman–Crippen LogP) is 2.31. The normalized spacial score (nSPS) is 20.5. The highest BCUT2D eigenvalue weighted by molar-refractivity contribution is 5.93. The molecule has 7 heteroatoms. The fourth-order valence-electron chi connectivity index (χ4n) is 3.13. The number of benzene rings is 1. The Balaban J connectivity index is 1.65. The minimum Gasteiger partial charge on any atom is -0.481 e. The molecule has 1 aromatic carbocycles. The molecule has 1 aromatic heterocycles. The number of aliphatic carboxylic acids is 1. The van der Waals surface area contributed by atoms with Gasteiger partial charge in [-0.2, -0.15) is 0 Å². The number of hydrogen-bond donors (Lipinski definition) is 2. The predicted molar refractivity (Wildman–Crippen MR) is 88.2 cm³/mol. The Morgan fingerprint density at radius 2 is 1.92 bits per heavy atom. The van der Waals surface area contributed by atoms with Crippen molar-refractivity contribution >= 4 is 17.6 Å². The third-order valence-electron chi connectivity index (χ3n) is 4.55. The molecule has 1 amide bonds. The van der Waals surface area contributed by atoms with Crippen LogP contribution in [0.4, 0.5) is 5.69 Å². The molecule has 1 aliphatic rings. The molecule has 0 spiro atoms. The van der Waals surface area contributed by atoms with Gasteiger partial charge in [0.15, 0.2) is 5.82 Å². The average Bonchev–Trinajstić information content (AvgIpc) is 3.01. The quantitative estimate of drug-likeness (QED) is 0.897. The van der Waals surface area contributed by atoms with E-state index in [1.54, 1.807) is 6.33 Å². The van der Waals surface area contributed by atoms with Crippen molar-refractivity contribution in [3.8, 4) is 11.4 Å². The van der Waals surface area contributed by atoms with Crippen LogP contribution in [0.15, 0.2) is 30.6 Å². The fourth-order valence-corrected chi connectivity index (χ4v) is 3.13. The molecular weight excluding hydrogens is 308 g/mol. The third-order valence-corrected chi connectivity index (χ3v) is 4.55. The van der Waals surface area contributed by atoms with E-state index in [2.05, 4.69) is 15.5 Å². The Labute approximate surface area is 139 Å². The molecule has 0 atom stereocenters. The zero-order valence-electron chi connectivity index (χ0n) is 13.5. The molecule has 1 aliphatic carbocycles. The summed E-state index contributed by atoms with van der Waals surface area (Å²) in [7, 11) is 1.86. The third kappa shape index (κ3) is 3.45. The maximum absolute atomic E-state index is 12.4. The Kier molecular flexibility index (Phi) is 4.59. The molecule has 1 saturated carbocycles. The zero-order chi connectivity index (χ0) is 17.1. The molecule has 0 saturated heterocycles. The van der Waals surface area contributed by atoms with Crippen molar-refractivity contribution in [3.05, 3.63) is 30.6 Å². The van der Waals surface area contributed by atoms with Crippen molar-refractivity contribution in [2.24, 2.45) is 18.9 Å². The van der Waals surface area contributed by atoms with Gasteiger partial charge >= 0.3 is 5.97 Å². The van der Waals surface area contributed by atoms with Crippen molar-refractivity contribution < 1.29 is 14.7 Å². The van der Waals surface area contributed by atoms with E-state index in [-0.39, 0.29) is 17.7 Å². The number of carbonyl (C=O) groups excluding carboxylic acids is 1. The Morgan fingerprint density at radius 1 is 1.21 bits per heavy atom. The lowest BCUT2D eigenvalue weighted by molar-refractivity contribution is -0.143. The maximum atomic E-state index is 12.4. The number of carboxylic acids is 1. The topological polar surface area (TPSA) is 97.1 Å². The van der Waals surface area contributed by atoms with Crippen LogP contribution in [-0.2, 0) is 16.6 Å². The molecule has 126 valence electrons. The van der Waals surface area contributed by atoms with Crippen LogP contribution in [0.3, 0.4) is 0 Å². The largest absolute Gasteiger partial charge is 0.481 e. The smallest absolute Gasteiger partial charge is 0.306 e. The molecule has 1 heterocycles. The minimum atomic E-state index is -0.759. The van der Waals surface area contributed by atoms with Crippen molar-refractivity contribution in [1.29, 1.82) is 0 Å². The summed E-state index contributed by atoms with van der Waals surface area (Å²) in [6.07, 6.45) is 3.98. The standard InChI is InChI=1S/C17H20N4O3/c1-21-10-18-20-15(21)13-3-2-4-14(9-13)19-16(22)11-5-7-12(8-6-11)17(23)24/h2-4,9-12H,5-8H2,1H3,(H,19,22)(H,23,24). The molecule has 3 rings (SSSR count). The number of nitrogens with zero attached hydrogens (tertiary/aromatic N) is 3. The second-order valence-electron chi connectivity index (χ2n) is 6.22. The first-order valence-corrected chi connectivity index (χ1v) is 8.02. The highest BCUT2D eigenvalue weighted by atomic mass is 16.4. The van der Waals surface area contributed by atoms with Gasteiger partial charge in [0.25, 0.3) is 0 Å². The van der Waals surface area contributed by atoms with Gasteiger partial charge in [0.2, 0.25) is 5.91 Å². The van der Waals surface area contributed by atoms with Crippen LogP contribution in [0.1, 0.15) is 25.7 Å². The van der Waals surface area contributed by atoms with Gasteiger partial charge in [0.05, 0.1) is 5.92 Å². The summed E-state index contributed by atoms with van der Waals surface area (Å²) in [6, 6.07) is 7.48. The second-order valence-corrected chi connectivity index (χ2v) is 6.22. The lowest BCUT2D eigenvalue weighted by Crippen LogP contribution is -2.29. The molecule has 0 aliphatic heterocycles. The van der Waals surface area contributed by atoms with Gasteiger partial charge < -0.3 is 15.0 Å². The molecule has 2 N–H and O–H groups in total. The Bertz CT molecular complexity index is 748. The number of carboxylic acid groups (broad SMARTS) is 1. The van der Waals surface area contributed by atoms with Crippen LogP contribution in [0.5, 0.6) is 0 Å². The lowest BCUT2D eigenvalue weighted by atomic mass is 9.81. The first-order valence-electron chi connectivity index (χ1n) is 8.02. The number of nitrogens with one attached hydrogen (secondary N) is 1. The minimum absolute atomic E-state index is 0.0473. The van der Waals surface area contributed by atoms with E-state index in [1.807, 2.05) is 35.9 Å². The van der Waals surface area contributed by atoms with Gasteiger partial charge in [-0.3, -0.25) is 9.59 Å². The highest BCUT2D eigenvalue weighted by Crippen LogP contribution is 2.30. The van der Waals surface area contributed by atoms with Crippen LogP contribution >= 0.6 is 0 Å². The van der Waals surface area contributed by atoms with Gasteiger partial charge in [-0.15, -0.1) is 10.2 Å². The van der Waals surface area contributed by atoms with E-state index in [0.29, 0.717) is 31.4 Å². The second kappa shape index (κ2) is 6.82. The number of carbonyl (C=O) groups is 2. The molecule has 0 radical (unpaired) electrons. The summed E-state index contributed by atoms with van der Waals surface area (Å²) >= 11 is 0. The van der Waals surface area contributed by atoms with Crippen molar-refractivity contribution in [3.63, 3.8) is 0 Å². The molecule has 7 nitrogen and oxygen atoms in total. The van der Waals surface area contributed by atoms with Crippen LogP contribution in [-0.4, -0.2) is 31.7 Å². The van der Waals surface area contributed by atoms with Crippen molar-refractivity contribution in [2.75, 3.05) is 5.32 Å². The first-order chi connectivity index (χ1) is 11.5. The Morgan fingerprint density at radius 3 is 2.54 bits per heavy atom. The van der Waals surface area contributed by atoms with E-state index in [0.717, 1.165) is 11.4 Å². The average molecular weight is 328 g/mol. The van der Waals surface area contributed by atoms with E-state index in [4.69, 9.17) is 5.11 Å². The molecule has 0 unspecified atom stereocenters. The van der Waals surface area contributed by atoms with Crippen LogP contribution < -0.4 is 5.32 Å². The van der Waals surface area contributed by atoms with Crippen LogP contribution in [0.2, 0.25) is 0 Å². The summed E-state index contributed by atoms with van der Waals surface area (Å²) < 4.78 is 1.81. The summed E-state index contributed by atoms with van der Waals surface area (Å²) in [5.41, 5.74) is 1.59. The van der Waals surface area contributed by atoms with Gasteiger partial charge in [-0.1, -0.05) is 12.1 Å².